The molecular formula is C30H23Cl2NO5. The van der Waals surface area contributed by atoms with Crippen molar-refractivity contribution in [3.05, 3.63) is 99.5 Å². The smallest absolute Gasteiger partial charge is 0.338 e. The van der Waals surface area contributed by atoms with E-state index in [4.69, 9.17) is 27.9 Å². The van der Waals surface area contributed by atoms with Crippen LogP contribution in [0.4, 0.5) is 5.69 Å². The number of hydrogen-bond acceptors (Lipinski definition) is 5. The molecule has 0 unspecified atom stereocenters. The quantitative estimate of drug-likeness (QED) is 0.216. The minimum absolute atomic E-state index is 0.132. The van der Waals surface area contributed by atoms with E-state index in [1.54, 1.807) is 12.1 Å². The summed E-state index contributed by atoms with van der Waals surface area (Å²) in [5.74, 6) is -1.70. The Bertz CT molecular complexity index is 1470. The summed E-state index contributed by atoms with van der Waals surface area (Å²) in [6.45, 7) is -0.514. The number of imide groups is 1. The Morgan fingerprint density at radius 2 is 1.63 bits per heavy atom. The van der Waals surface area contributed by atoms with Gasteiger partial charge < -0.3 is 4.74 Å². The predicted molar refractivity (Wildman–Crippen MR) is 142 cm³/mol. The highest BCUT2D eigenvalue weighted by molar-refractivity contribution is 6.36. The van der Waals surface area contributed by atoms with Gasteiger partial charge >= 0.3 is 5.97 Å². The SMILES string of the molecule is O=C(OCC(=O)c1ccc(Cl)cc1Cl)c1cccc(N2C(=O)[C@@H]3[C@@H]4C[C@@H]([C@H]3C2=O)[C@H](c2ccccc2)C4)c1. The lowest BCUT2D eigenvalue weighted by molar-refractivity contribution is -0.123. The molecule has 1 saturated heterocycles. The van der Waals surface area contributed by atoms with Crippen molar-refractivity contribution in [3.63, 3.8) is 0 Å². The maximum absolute atomic E-state index is 13.6. The molecule has 3 aromatic rings. The number of rotatable bonds is 6. The molecule has 0 aromatic heterocycles. The van der Waals surface area contributed by atoms with Gasteiger partial charge in [-0.3, -0.25) is 19.3 Å². The van der Waals surface area contributed by atoms with Gasteiger partial charge in [0.2, 0.25) is 17.6 Å². The Morgan fingerprint density at radius 1 is 0.868 bits per heavy atom. The molecule has 2 bridgehead atoms. The summed E-state index contributed by atoms with van der Waals surface area (Å²) in [4.78, 5) is 53.5. The average Bonchev–Trinajstić information content (AvgIpc) is 3.59. The first-order valence-electron chi connectivity index (χ1n) is 12.5. The lowest BCUT2D eigenvalue weighted by atomic mass is 9.73. The fraction of sp³-hybridized carbons (Fsp3) is 0.267. The monoisotopic (exact) mass is 547 g/mol. The topological polar surface area (TPSA) is 80.8 Å². The van der Waals surface area contributed by atoms with E-state index in [-0.39, 0.29) is 57.6 Å². The van der Waals surface area contributed by atoms with Gasteiger partial charge in [0, 0.05) is 10.6 Å². The van der Waals surface area contributed by atoms with Gasteiger partial charge in [0.15, 0.2) is 6.61 Å². The van der Waals surface area contributed by atoms with Gasteiger partial charge in [-0.25, -0.2) is 4.79 Å². The van der Waals surface area contributed by atoms with Crippen molar-refractivity contribution in [2.75, 3.05) is 11.5 Å². The Kier molecular flexibility index (Phi) is 6.33. The van der Waals surface area contributed by atoms with E-state index in [2.05, 4.69) is 12.1 Å². The van der Waals surface area contributed by atoms with Crippen LogP contribution in [-0.4, -0.2) is 30.2 Å². The minimum Gasteiger partial charge on any atom is -0.454 e. The number of benzene rings is 3. The van der Waals surface area contributed by atoms with E-state index < -0.39 is 18.4 Å². The standard InChI is InChI=1S/C30H23Cl2NO5/c31-19-9-10-21(24(32)14-19)25(34)15-38-30(37)17-7-4-8-20(11-17)33-28(35)26-18-12-22(16-5-2-1-3-6-16)23(13-18)27(26)29(33)36/h1-11,14,18,22-23,26-27H,12-13,15H2/t18-,22-,23+,26+,27+/m0/s1. The number of halogens is 2. The Balaban J connectivity index is 1.18. The van der Waals surface area contributed by atoms with Crippen LogP contribution in [-0.2, 0) is 14.3 Å². The molecule has 192 valence electrons. The number of amides is 2. The summed E-state index contributed by atoms with van der Waals surface area (Å²) in [6, 6.07) is 20.9. The summed E-state index contributed by atoms with van der Waals surface area (Å²) in [5.41, 5.74) is 1.89. The van der Waals surface area contributed by atoms with Crippen LogP contribution in [0, 0.1) is 23.7 Å². The van der Waals surface area contributed by atoms with Gasteiger partial charge in [-0.1, -0.05) is 59.6 Å². The molecule has 2 aliphatic carbocycles. The van der Waals surface area contributed by atoms with Gasteiger partial charge in [-0.15, -0.1) is 0 Å². The van der Waals surface area contributed by atoms with Crippen LogP contribution >= 0.6 is 23.2 Å². The van der Waals surface area contributed by atoms with Crippen molar-refractivity contribution >= 4 is 52.5 Å². The first kappa shape index (κ1) is 24.8. The lowest BCUT2D eigenvalue weighted by Crippen LogP contribution is -2.33. The number of anilines is 1. The number of fused-ring (bicyclic) bond motifs is 5. The van der Waals surface area contributed by atoms with E-state index >= 15 is 0 Å². The molecule has 3 fully saturated rings. The van der Waals surface area contributed by atoms with Crippen molar-refractivity contribution in [2.24, 2.45) is 23.7 Å². The second kappa shape index (κ2) is 9.68. The molecule has 0 N–H and O–H groups in total. The third-order valence-electron chi connectivity index (χ3n) is 8.15. The molecule has 0 radical (unpaired) electrons. The van der Waals surface area contributed by atoms with Gasteiger partial charge in [0.05, 0.1) is 28.1 Å². The first-order chi connectivity index (χ1) is 18.3. The average molecular weight is 548 g/mol. The molecule has 6 rings (SSSR count). The molecule has 1 heterocycles. The van der Waals surface area contributed by atoms with Gasteiger partial charge in [-0.2, -0.15) is 0 Å². The molecule has 8 heteroatoms. The van der Waals surface area contributed by atoms with Gasteiger partial charge in [0.25, 0.3) is 0 Å². The fourth-order valence-electron chi connectivity index (χ4n) is 6.58. The Hall–Kier alpha value is -3.48. The molecule has 0 spiro atoms. The lowest BCUT2D eigenvalue weighted by Gasteiger charge is -2.28. The van der Waals surface area contributed by atoms with Crippen LogP contribution in [0.5, 0.6) is 0 Å². The van der Waals surface area contributed by atoms with Crippen LogP contribution in [0.25, 0.3) is 0 Å². The summed E-state index contributed by atoms with van der Waals surface area (Å²) in [6.07, 6.45) is 1.79. The maximum Gasteiger partial charge on any atom is 0.338 e. The zero-order valence-corrected chi connectivity index (χ0v) is 21.7. The number of nitrogens with zero attached hydrogens (tertiary/aromatic N) is 1. The van der Waals surface area contributed by atoms with Crippen molar-refractivity contribution in [2.45, 2.75) is 18.8 Å². The van der Waals surface area contributed by atoms with Crippen LogP contribution in [0.1, 0.15) is 45.0 Å². The minimum atomic E-state index is -0.742. The molecule has 2 saturated carbocycles. The normalized spacial score (nSPS) is 25.5. The van der Waals surface area contributed by atoms with Crippen LogP contribution in [0.2, 0.25) is 10.0 Å². The highest BCUT2D eigenvalue weighted by atomic mass is 35.5. The largest absolute Gasteiger partial charge is 0.454 e. The highest BCUT2D eigenvalue weighted by Crippen LogP contribution is 2.61. The summed E-state index contributed by atoms with van der Waals surface area (Å²) >= 11 is 11.9. The van der Waals surface area contributed by atoms with E-state index in [0.29, 0.717) is 10.7 Å². The molecule has 5 atom stereocenters. The highest BCUT2D eigenvalue weighted by Gasteiger charge is 2.64. The Morgan fingerprint density at radius 3 is 2.39 bits per heavy atom. The van der Waals surface area contributed by atoms with Crippen molar-refractivity contribution in [1.82, 2.24) is 0 Å². The fourth-order valence-corrected chi connectivity index (χ4v) is 7.09. The Labute approximate surface area is 229 Å². The number of ether oxygens (including phenoxy) is 1. The molecule has 2 amide bonds. The molecule has 1 aliphatic heterocycles. The third kappa shape index (κ3) is 4.12. The van der Waals surface area contributed by atoms with Crippen LogP contribution in [0.15, 0.2) is 72.8 Å². The number of Topliss-reactive ketones (excluding diaryl/α,β-unsaturated/α-hetero) is 1. The second-order valence-corrected chi connectivity index (χ2v) is 11.0. The number of hydrogen-bond donors (Lipinski definition) is 0. The number of carbonyl (C=O) groups is 4. The van der Waals surface area contributed by atoms with Crippen molar-refractivity contribution in [1.29, 1.82) is 0 Å². The van der Waals surface area contributed by atoms with Crippen molar-refractivity contribution in [3.8, 4) is 0 Å². The summed E-state index contributed by atoms with van der Waals surface area (Å²) in [5, 5.41) is 0.555. The molecule has 3 aromatic carbocycles. The maximum atomic E-state index is 13.6. The third-order valence-corrected chi connectivity index (χ3v) is 8.70. The molecule has 3 aliphatic rings. The summed E-state index contributed by atoms with van der Waals surface area (Å²) in [7, 11) is 0. The number of carbonyl (C=O) groups excluding carboxylic acids is 4. The predicted octanol–water partition coefficient (Wildman–Crippen LogP) is 5.96. The van der Waals surface area contributed by atoms with Crippen LogP contribution in [0.3, 0.4) is 0 Å². The molecule has 6 nitrogen and oxygen atoms in total. The summed E-state index contributed by atoms with van der Waals surface area (Å²) < 4.78 is 5.21. The second-order valence-electron chi connectivity index (χ2n) is 10.1. The van der Waals surface area contributed by atoms with Crippen molar-refractivity contribution < 1.29 is 23.9 Å². The number of esters is 1. The van der Waals surface area contributed by atoms with E-state index in [1.807, 2.05) is 18.2 Å². The zero-order chi connectivity index (χ0) is 26.6. The van der Waals surface area contributed by atoms with Gasteiger partial charge in [-0.05, 0) is 72.6 Å². The van der Waals surface area contributed by atoms with E-state index in [1.165, 1.54) is 40.8 Å². The zero-order valence-electron chi connectivity index (χ0n) is 20.2. The number of ketones is 1. The molecule has 38 heavy (non-hydrogen) atoms. The van der Waals surface area contributed by atoms with Crippen LogP contribution < -0.4 is 4.90 Å². The molecular weight excluding hydrogens is 525 g/mol. The van der Waals surface area contributed by atoms with E-state index in [9.17, 15) is 19.2 Å². The van der Waals surface area contributed by atoms with E-state index in [0.717, 1.165) is 12.8 Å². The van der Waals surface area contributed by atoms with Gasteiger partial charge in [0.1, 0.15) is 0 Å². The first-order valence-corrected chi connectivity index (χ1v) is 13.3.